The van der Waals surface area contributed by atoms with Gasteiger partial charge in [0.15, 0.2) is 9.84 Å². The second kappa shape index (κ2) is 7.29. The Bertz CT molecular complexity index is 182. The van der Waals surface area contributed by atoms with Crippen LogP contribution in [0.15, 0.2) is 0 Å². The fourth-order valence-corrected chi connectivity index (χ4v) is 1.71. The van der Waals surface area contributed by atoms with Gasteiger partial charge in [-0.25, -0.2) is 8.42 Å². The Hall–Kier alpha value is -0.130. The lowest BCUT2D eigenvalue weighted by Crippen LogP contribution is -2.19. The summed E-state index contributed by atoms with van der Waals surface area (Å²) in [5, 5.41) is 0. The molecule has 0 radical (unpaired) electrons. The van der Waals surface area contributed by atoms with Gasteiger partial charge in [0.1, 0.15) is 0 Å². The smallest absolute Gasteiger partial charge is 0.154 e. The maximum atomic E-state index is 11.2. The highest BCUT2D eigenvalue weighted by atomic mass is 32.2. The largest absolute Gasteiger partial charge is 0.381 e. The molecule has 4 nitrogen and oxygen atoms in total. The van der Waals surface area contributed by atoms with Crippen molar-refractivity contribution in [2.45, 2.75) is 13.8 Å². The van der Waals surface area contributed by atoms with Crippen LogP contribution in [0.3, 0.4) is 0 Å². The second-order valence-corrected chi connectivity index (χ2v) is 4.85. The van der Waals surface area contributed by atoms with E-state index in [9.17, 15) is 8.42 Å². The number of hydrogen-bond donors (Lipinski definition) is 0. The van der Waals surface area contributed by atoms with Crippen molar-refractivity contribution < 1.29 is 17.9 Å². The van der Waals surface area contributed by atoms with Gasteiger partial charge in [-0.2, -0.15) is 0 Å². The van der Waals surface area contributed by atoms with Crippen molar-refractivity contribution in [3.8, 4) is 0 Å². The fraction of sp³-hybridized carbons (Fsp3) is 1.00. The summed E-state index contributed by atoms with van der Waals surface area (Å²) in [5.41, 5.74) is 0. The quantitative estimate of drug-likeness (QED) is 0.547. The van der Waals surface area contributed by atoms with Crippen LogP contribution in [0, 0.1) is 0 Å². The molecule has 0 fully saturated rings. The molecular weight excluding hydrogens is 192 g/mol. The van der Waals surface area contributed by atoms with Crippen molar-refractivity contribution in [2.75, 3.05) is 37.9 Å². The third kappa shape index (κ3) is 8.21. The fourth-order valence-electron chi connectivity index (χ4n) is 0.763. The summed E-state index contributed by atoms with van der Waals surface area (Å²) in [6.07, 6.45) is 0. The van der Waals surface area contributed by atoms with E-state index in [1.807, 2.05) is 13.8 Å². The minimum absolute atomic E-state index is 0.0912. The van der Waals surface area contributed by atoms with Gasteiger partial charge in [-0.1, -0.05) is 0 Å². The zero-order valence-corrected chi connectivity index (χ0v) is 9.10. The van der Waals surface area contributed by atoms with E-state index in [1.165, 1.54) is 0 Å². The van der Waals surface area contributed by atoms with Crippen LogP contribution >= 0.6 is 0 Å². The Balaban J connectivity index is 3.55. The van der Waals surface area contributed by atoms with E-state index in [0.717, 1.165) is 0 Å². The van der Waals surface area contributed by atoms with Gasteiger partial charge in [-0.3, -0.25) is 0 Å². The third-order valence-electron chi connectivity index (χ3n) is 1.49. The van der Waals surface area contributed by atoms with Gasteiger partial charge in [0.25, 0.3) is 0 Å². The van der Waals surface area contributed by atoms with E-state index in [2.05, 4.69) is 0 Å². The van der Waals surface area contributed by atoms with Gasteiger partial charge < -0.3 is 9.47 Å². The predicted octanol–water partition coefficient (Wildman–Crippen LogP) is 0.474. The monoisotopic (exact) mass is 210 g/mol. The maximum Gasteiger partial charge on any atom is 0.154 e. The van der Waals surface area contributed by atoms with Gasteiger partial charge in [-0.05, 0) is 13.8 Å². The van der Waals surface area contributed by atoms with E-state index in [-0.39, 0.29) is 24.7 Å². The van der Waals surface area contributed by atoms with Gasteiger partial charge in [0, 0.05) is 13.2 Å². The maximum absolute atomic E-state index is 11.2. The van der Waals surface area contributed by atoms with E-state index in [4.69, 9.17) is 9.47 Å². The summed E-state index contributed by atoms with van der Waals surface area (Å²) < 4.78 is 32.4. The normalized spacial score (nSPS) is 11.8. The molecule has 0 heterocycles. The molecule has 0 aromatic rings. The summed E-state index contributed by atoms with van der Waals surface area (Å²) in [6, 6.07) is 0. The van der Waals surface area contributed by atoms with Crippen molar-refractivity contribution in [3.63, 3.8) is 0 Å². The summed E-state index contributed by atoms with van der Waals surface area (Å²) in [7, 11) is -2.98. The van der Waals surface area contributed by atoms with E-state index < -0.39 is 9.84 Å². The van der Waals surface area contributed by atoms with Gasteiger partial charge in [-0.15, -0.1) is 0 Å². The van der Waals surface area contributed by atoms with Crippen molar-refractivity contribution in [1.29, 1.82) is 0 Å². The minimum atomic E-state index is -2.98. The van der Waals surface area contributed by atoms with Crippen LogP contribution in [-0.2, 0) is 19.3 Å². The summed E-state index contributed by atoms with van der Waals surface area (Å²) in [6.45, 7) is 5.36. The molecule has 0 bridgehead atoms. The van der Waals surface area contributed by atoms with E-state index in [0.29, 0.717) is 13.2 Å². The van der Waals surface area contributed by atoms with Crippen LogP contribution in [0.5, 0.6) is 0 Å². The predicted molar refractivity (Wildman–Crippen MR) is 51.6 cm³/mol. The van der Waals surface area contributed by atoms with Crippen LogP contribution in [-0.4, -0.2) is 46.4 Å². The Labute approximate surface area is 80.1 Å². The molecule has 5 heteroatoms. The standard InChI is InChI=1S/C8H18O4S/c1-3-11-5-7-13(9,10)8-6-12-4-2/h3-8H2,1-2H3. The molecule has 0 amide bonds. The minimum Gasteiger partial charge on any atom is -0.381 e. The first-order valence-electron chi connectivity index (χ1n) is 4.48. The molecule has 0 saturated heterocycles. The van der Waals surface area contributed by atoms with Crippen molar-refractivity contribution in [3.05, 3.63) is 0 Å². The first kappa shape index (κ1) is 12.9. The van der Waals surface area contributed by atoms with Gasteiger partial charge in [0.2, 0.25) is 0 Å². The second-order valence-electron chi connectivity index (χ2n) is 2.55. The highest BCUT2D eigenvalue weighted by Gasteiger charge is 2.09. The summed E-state index contributed by atoms with van der Waals surface area (Å²) in [5.74, 6) is 0.182. The molecule has 0 unspecified atom stereocenters. The Morgan fingerprint density at radius 2 is 1.31 bits per heavy atom. The van der Waals surface area contributed by atoms with Crippen molar-refractivity contribution in [1.82, 2.24) is 0 Å². The molecule has 0 atom stereocenters. The molecule has 13 heavy (non-hydrogen) atoms. The first-order chi connectivity index (χ1) is 6.12. The highest BCUT2D eigenvalue weighted by molar-refractivity contribution is 7.91. The molecule has 0 spiro atoms. The zero-order chi connectivity index (χ0) is 10.2. The summed E-state index contributed by atoms with van der Waals surface area (Å²) in [4.78, 5) is 0. The topological polar surface area (TPSA) is 52.6 Å². The molecular formula is C8H18O4S. The molecule has 0 rings (SSSR count). The van der Waals surface area contributed by atoms with Crippen LogP contribution in [0.2, 0.25) is 0 Å². The van der Waals surface area contributed by atoms with Crippen molar-refractivity contribution >= 4 is 9.84 Å². The van der Waals surface area contributed by atoms with Gasteiger partial charge in [0.05, 0.1) is 24.7 Å². The SMILES string of the molecule is CCOCCS(=O)(=O)CCOCC. The van der Waals surface area contributed by atoms with E-state index >= 15 is 0 Å². The molecule has 0 saturated carbocycles. The Kier molecular flexibility index (Phi) is 7.22. The number of rotatable bonds is 8. The van der Waals surface area contributed by atoms with Crippen LogP contribution < -0.4 is 0 Å². The van der Waals surface area contributed by atoms with Crippen LogP contribution in [0.25, 0.3) is 0 Å². The van der Waals surface area contributed by atoms with E-state index in [1.54, 1.807) is 0 Å². The van der Waals surface area contributed by atoms with Crippen LogP contribution in [0.4, 0.5) is 0 Å². The zero-order valence-electron chi connectivity index (χ0n) is 8.28. The highest BCUT2D eigenvalue weighted by Crippen LogP contribution is 1.91. The Morgan fingerprint density at radius 3 is 1.62 bits per heavy atom. The average molecular weight is 210 g/mol. The molecule has 0 aliphatic carbocycles. The molecule has 0 aliphatic rings. The Morgan fingerprint density at radius 1 is 0.923 bits per heavy atom. The van der Waals surface area contributed by atoms with Crippen molar-refractivity contribution in [2.24, 2.45) is 0 Å². The lowest BCUT2D eigenvalue weighted by atomic mass is 10.8. The summed E-state index contributed by atoms with van der Waals surface area (Å²) >= 11 is 0. The molecule has 80 valence electrons. The first-order valence-corrected chi connectivity index (χ1v) is 6.30. The van der Waals surface area contributed by atoms with Gasteiger partial charge >= 0.3 is 0 Å². The lowest BCUT2D eigenvalue weighted by Gasteiger charge is -2.04. The molecule has 0 N–H and O–H groups in total. The average Bonchev–Trinajstić information content (AvgIpc) is 2.05. The molecule has 0 aromatic carbocycles. The molecule has 0 aromatic heterocycles. The number of hydrogen-bond acceptors (Lipinski definition) is 4. The number of sulfone groups is 1. The number of ether oxygens (including phenoxy) is 2. The van der Waals surface area contributed by atoms with Crippen LogP contribution in [0.1, 0.15) is 13.8 Å². The lowest BCUT2D eigenvalue weighted by molar-refractivity contribution is 0.159. The molecule has 0 aliphatic heterocycles. The third-order valence-corrected chi connectivity index (χ3v) is 3.06.